The quantitative estimate of drug-likeness (QED) is 0.759. The molecule has 6 nitrogen and oxygen atoms in total. The van der Waals surface area contributed by atoms with Crippen LogP contribution in [0.5, 0.6) is 0 Å². The van der Waals surface area contributed by atoms with Gasteiger partial charge in [-0.3, -0.25) is 14.5 Å². The summed E-state index contributed by atoms with van der Waals surface area (Å²) in [5.41, 5.74) is 0.542. The summed E-state index contributed by atoms with van der Waals surface area (Å²) in [5, 5.41) is 6.63. The van der Waals surface area contributed by atoms with Gasteiger partial charge in [0.15, 0.2) is 0 Å². The van der Waals surface area contributed by atoms with Crippen molar-refractivity contribution in [1.29, 1.82) is 0 Å². The van der Waals surface area contributed by atoms with Crippen LogP contribution in [0.1, 0.15) is 31.6 Å². The van der Waals surface area contributed by atoms with Crippen molar-refractivity contribution in [2.45, 2.75) is 31.8 Å². The smallest absolute Gasteiger partial charge is 0.241 e. The molecule has 0 aliphatic carbocycles. The topological polar surface area (TPSA) is 74.6 Å². The number of likely N-dealkylation sites (tertiary alicyclic amines) is 1. The van der Waals surface area contributed by atoms with Crippen molar-refractivity contribution < 1.29 is 14.0 Å². The molecule has 2 N–H and O–H groups in total. The van der Waals surface area contributed by atoms with Crippen LogP contribution in [0.25, 0.3) is 0 Å². The predicted octanol–water partition coefficient (Wildman–Crippen LogP) is 3.87. The number of hydrogen-bond acceptors (Lipinski definition) is 4. The molecule has 8 heteroatoms. The summed E-state index contributed by atoms with van der Waals surface area (Å²) in [5.74, 6) is 0.374. The first-order valence-electron chi connectivity index (χ1n) is 8.76. The maximum atomic E-state index is 12.7. The van der Waals surface area contributed by atoms with Gasteiger partial charge in [0.1, 0.15) is 5.76 Å². The second-order valence-corrected chi connectivity index (χ2v) is 7.45. The van der Waals surface area contributed by atoms with Crippen LogP contribution in [0.15, 0.2) is 41.0 Å². The number of nitrogens with zero attached hydrogens (tertiary/aromatic N) is 1. The number of carbonyl (C=O) groups is 2. The molecule has 0 radical (unpaired) electrons. The van der Waals surface area contributed by atoms with Crippen LogP contribution in [0.2, 0.25) is 10.0 Å². The molecule has 0 unspecified atom stereocenters. The Kier molecular flexibility index (Phi) is 6.42. The van der Waals surface area contributed by atoms with Crippen LogP contribution < -0.4 is 10.6 Å². The van der Waals surface area contributed by atoms with Gasteiger partial charge in [0, 0.05) is 15.7 Å². The van der Waals surface area contributed by atoms with Gasteiger partial charge in [-0.25, -0.2) is 0 Å². The Morgan fingerprint density at radius 2 is 2.04 bits per heavy atom. The number of carbonyl (C=O) groups excluding carboxylic acids is 2. The molecule has 1 saturated heterocycles. The fourth-order valence-electron chi connectivity index (χ4n) is 3.24. The average Bonchev–Trinajstić information content (AvgIpc) is 3.25. The molecule has 2 aromatic rings. The minimum atomic E-state index is -0.368. The SMILES string of the molecule is C[C@@H](NC(=O)CN1CCC[C@H]1C(=O)Nc1cc(Cl)cc(Cl)c1)c1ccco1. The fourth-order valence-corrected chi connectivity index (χ4v) is 3.77. The zero-order valence-electron chi connectivity index (χ0n) is 14.9. The van der Waals surface area contributed by atoms with Gasteiger partial charge in [0.05, 0.1) is 24.9 Å². The molecule has 0 saturated carbocycles. The van der Waals surface area contributed by atoms with Gasteiger partial charge in [-0.1, -0.05) is 23.2 Å². The molecule has 27 heavy (non-hydrogen) atoms. The number of furan rings is 1. The summed E-state index contributed by atoms with van der Waals surface area (Å²) in [7, 11) is 0. The van der Waals surface area contributed by atoms with Gasteiger partial charge >= 0.3 is 0 Å². The summed E-state index contributed by atoms with van der Waals surface area (Å²) in [6.45, 7) is 2.70. The van der Waals surface area contributed by atoms with Gasteiger partial charge in [0.2, 0.25) is 11.8 Å². The maximum absolute atomic E-state index is 12.7. The summed E-state index contributed by atoms with van der Waals surface area (Å²) < 4.78 is 5.30. The van der Waals surface area contributed by atoms with E-state index in [1.165, 1.54) is 0 Å². The first-order valence-corrected chi connectivity index (χ1v) is 9.52. The molecule has 1 aromatic carbocycles. The molecule has 3 rings (SSSR count). The normalized spacial score (nSPS) is 18.3. The minimum Gasteiger partial charge on any atom is -0.467 e. The van der Waals surface area contributed by atoms with E-state index in [2.05, 4.69) is 10.6 Å². The van der Waals surface area contributed by atoms with E-state index >= 15 is 0 Å². The number of amides is 2. The number of rotatable bonds is 6. The molecular weight excluding hydrogens is 389 g/mol. The second kappa shape index (κ2) is 8.78. The highest BCUT2D eigenvalue weighted by Gasteiger charge is 2.32. The third kappa shape index (κ3) is 5.25. The Labute approximate surface area is 167 Å². The van der Waals surface area contributed by atoms with Gasteiger partial charge < -0.3 is 15.1 Å². The monoisotopic (exact) mass is 409 g/mol. The highest BCUT2D eigenvalue weighted by molar-refractivity contribution is 6.35. The van der Waals surface area contributed by atoms with Crippen molar-refractivity contribution in [1.82, 2.24) is 10.2 Å². The molecule has 0 spiro atoms. The lowest BCUT2D eigenvalue weighted by atomic mass is 10.2. The maximum Gasteiger partial charge on any atom is 0.241 e. The number of halogens is 2. The predicted molar refractivity (Wildman–Crippen MR) is 105 cm³/mol. The van der Waals surface area contributed by atoms with Crippen molar-refractivity contribution >= 4 is 40.7 Å². The van der Waals surface area contributed by atoms with Crippen LogP contribution in [-0.2, 0) is 9.59 Å². The van der Waals surface area contributed by atoms with Crippen molar-refractivity contribution in [3.63, 3.8) is 0 Å². The lowest BCUT2D eigenvalue weighted by Gasteiger charge is -2.24. The summed E-state index contributed by atoms with van der Waals surface area (Å²) in [4.78, 5) is 26.9. The van der Waals surface area contributed by atoms with Crippen molar-refractivity contribution in [2.75, 3.05) is 18.4 Å². The number of nitrogens with one attached hydrogen (secondary N) is 2. The minimum absolute atomic E-state index is 0.149. The highest BCUT2D eigenvalue weighted by Crippen LogP contribution is 2.24. The molecule has 1 fully saturated rings. The lowest BCUT2D eigenvalue weighted by molar-refractivity contribution is -0.125. The Balaban J connectivity index is 1.57. The molecule has 2 atom stereocenters. The number of hydrogen-bond donors (Lipinski definition) is 2. The molecule has 1 aromatic heterocycles. The van der Waals surface area contributed by atoms with E-state index in [4.69, 9.17) is 27.6 Å². The van der Waals surface area contributed by atoms with E-state index < -0.39 is 0 Å². The standard InChI is InChI=1S/C19H21Cl2N3O3/c1-12(17-5-3-7-27-17)22-18(25)11-24-6-2-4-16(24)19(26)23-15-9-13(20)8-14(21)10-15/h3,5,7-10,12,16H,2,4,6,11H2,1H3,(H,22,25)(H,23,26)/t12-,16+/m1/s1. The van der Waals surface area contributed by atoms with Gasteiger partial charge in [-0.15, -0.1) is 0 Å². The van der Waals surface area contributed by atoms with E-state index in [0.717, 1.165) is 6.42 Å². The second-order valence-electron chi connectivity index (χ2n) is 6.58. The third-order valence-electron chi connectivity index (χ3n) is 4.49. The number of benzene rings is 1. The summed E-state index contributed by atoms with van der Waals surface area (Å²) in [6, 6.07) is 7.88. The van der Waals surface area contributed by atoms with E-state index in [9.17, 15) is 9.59 Å². The molecule has 2 amide bonds. The van der Waals surface area contributed by atoms with Crippen LogP contribution in [-0.4, -0.2) is 35.8 Å². The summed E-state index contributed by atoms with van der Waals surface area (Å²) >= 11 is 11.9. The van der Waals surface area contributed by atoms with Crippen molar-refractivity contribution in [2.24, 2.45) is 0 Å². The van der Waals surface area contributed by atoms with E-state index in [-0.39, 0.29) is 30.4 Å². The van der Waals surface area contributed by atoms with Crippen molar-refractivity contribution in [3.05, 3.63) is 52.4 Å². The van der Waals surface area contributed by atoms with E-state index in [0.29, 0.717) is 34.5 Å². The molecule has 144 valence electrons. The molecule has 1 aliphatic rings. The lowest BCUT2D eigenvalue weighted by Crippen LogP contribution is -2.45. The van der Waals surface area contributed by atoms with Crippen LogP contribution in [0.3, 0.4) is 0 Å². The Morgan fingerprint density at radius 3 is 2.70 bits per heavy atom. The highest BCUT2D eigenvalue weighted by atomic mass is 35.5. The van der Waals surface area contributed by atoms with Crippen molar-refractivity contribution in [3.8, 4) is 0 Å². The Morgan fingerprint density at radius 1 is 1.30 bits per heavy atom. The van der Waals surface area contributed by atoms with Crippen LogP contribution in [0, 0.1) is 0 Å². The molecule has 1 aliphatic heterocycles. The molecule has 2 heterocycles. The van der Waals surface area contributed by atoms with E-state index in [1.807, 2.05) is 17.9 Å². The van der Waals surface area contributed by atoms with Gasteiger partial charge in [-0.05, 0) is 56.6 Å². The third-order valence-corrected chi connectivity index (χ3v) is 4.93. The average molecular weight is 410 g/mol. The van der Waals surface area contributed by atoms with Gasteiger partial charge in [-0.2, -0.15) is 0 Å². The van der Waals surface area contributed by atoms with Crippen LogP contribution in [0.4, 0.5) is 5.69 Å². The molecular formula is C19H21Cl2N3O3. The Hall–Kier alpha value is -2.02. The molecule has 0 bridgehead atoms. The zero-order chi connectivity index (χ0) is 19.4. The first kappa shape index (κ1) is 19.7. The van der Waals surface area contributed by atoms with Gasteiger partial charge in [0.25, 0.3) is 0 Å². The van der Waals surface area contributed by atoms with Crippen LogP contribution >= 0.6 is 23.2 Å². The largest absolute Gasteiger partial charge is 0.467 e. The first-order chi connectivity index (χ1) is 12.9. The zero-order valence-corrected chi connectivity index (χ0v) is 16.4. The fraction of sp³-hybridized carbons (Fsp3) is 0.368. The van der Waals surface area contributed by atoms with E-state index in [1.54, 1.807) is 30.5 Å². The summed E-state index contributed by atoms with van der Waals surface area (Å²) in [6.07, 6.45) is 3.12. The number of anilines is 1. The Bertz CT molecular complexity index is 790.